The van der Waals surface area contributed by atoms with Gasteiger partial charge in [-0.25, -0.2) is 0 Å². The lowest BCUT2D eigenvalue weighted by molar-refractivity contribution is -0.146. The van der Waals surface area contributed by atoms with E-state index in [0.29, 0.717) is 30.8 Å². The van der Waals surface area contributed by atoms with Gasteiger partial charge in [0.25, 0.3) is 5.91 Å². The Hall–Kier alpha value is -1.98. The summed E-state index contributed by atoms with van der Waals surface area (Å²) in [6, 6.07) is 1.77. The normalized spacial score (nSPS) is 18.4. The molecule has 1 amide bonds. The molecular formula is C15H21N3O3. The summed E-state index contributed by atoms with van der Waals surface area (Å²) >= 11 is 0. The lowest BCUT2D eigenvalue weighted by atomic mass is 9.97. The zero-order valence-electron chi connectivity index (χ0n) is 12.8. The first-order valence-electron chi connectivity index (χ1n) is 7.27. The van der Waals surface area contributed by atoms with Gasteiger partial charge in [0.05, 0.1) is 30.0 Å². The van der Waals surface area contributed by atoms with Gasteiger partial charge in [-0.15, -0.1) is 0 Å². The van der Waals surface area contributed by atoms with Crippen molar-refractivity contribution in [2.75, 3.05) is 20.2 Å². The summed E-state index contributed by atoms with van der Waals surface area (Å²) in [4.78, 5) is 26.1. The Kier molecular flexibility index (Phi) is 4.88. The van der Waals surface area contributed by atoms with Gasteiger partial charge in [0.1, 0.15) is 0 Å². The molecule has 21 heavy (non-hydrogen) atoms. The Balaban J connectivity index is 2.19. The highest BCUT2D eigenvalue weighted by molar-refractivity contribution is 5.95. The van der Waals surface area contributed by atoms with Crippen LogP contribution in [0.15, 0.2) is 6.07 Å². The monoisotopic (exact) mass is 291 g/mol. The molecule has 6 heteroatoms. The zero-order chi connectivity index (χ0) is 15.4. The minimum absolute atomic E-state index is 0.0709. The number of hydrogen-bond acceptors (Lipinski definition) is 5. The van der Waals surface area contributed by atoms with E-state index in [2.05, 4.69) is 10.2 Å². The third kappa shape index (κ3) is 3.37. The van der Waals surface area contributed by atoms with Crippen LogP contribution in [-0.4, -0.2) is 47.2 Å². The number of amides is 1. The van der Waals surface area contributed by atoms with Crippen LogP contribution >= 0.6 is 0 Å². The Morgan fingerprint density at radius 1 is 1.43 bits per heavy atom. The lowest BCUT2D eigenvalue weighted by Gasteiger charge is -2.31. The summed E-state index contributed by atoms with van der Waals surface area (Å²) in [5.41, 5.74) is 2.01. The number of hydrogen-bond donors (Lipinski definition) is 0. The Labute approximate surface area is 124 Å². The predicted octanol–water partition coefficient (Wildman–Crippen LogP) is 1.37. The number of esters is 1. The SMILES string of the molecule is CCc1nnc(C)cc1C(=O)N1CCC[C@H](C(=O)OC)C1. The molecule has 0 bridgehead atoms. The fraction of sp³-hybridized carbons (Fsp3) is 0.600. The van der Waals surface area contributed by atoms with E-state index in [0.717, 1.165) is 18.5 Å². The van der Waals surface area contributed by atoms with Crippen LogP contribution in [0.2, 0.25) is 0 Å². The Bertz CT molecular complexity index is 545. The number of carbonyl (C=O) groups is 2. The minimum Gasteiger partial charge on any atom is -0.469 e. The van der Waals surface area contributed by atoms with Gasteiger partial charge in [0.15, 0.2) is 0 Å². The van der Waals surface area contributed by atoms with Crippen LogP contribution in [-0.2, 0) is 16.0 Å². The third-order valence-corrected chi connectivity index (χ3v) is 3.80. The number of aryl methyl sites for hydroxylation is 2. The fourth-order valence-corrected chi connectivity index (χ4v) is 2.65. The molecule has 0 N–H and O–H groups in total. The van der Waals surface area contributed by atoms with Crippen molar-refractivity contribution in [3.63, 3.8) is 0 Å². The van der Waals surface area contributed by atoms with E-state index >= 15 is 0 Å². The van der Waals surface area contributed by atoms with E-state index in [9.17, 15) is 9.59 Å². The number of likely N-dealkylation sites (tertiary alicyclic amines) is 1. The predicted molar refractivity (Wildman–Crippen MR) is 76.8 cm³/mol. The summed E-state index contributed by atoms with van der Waals surface area (Å²) in [6.45, 7) is 4.84. The van der Waals surface area contributed by atoms with Crippen LogP contribution in [0, 0.1) is 12.8 Å². The highest BCUT2D eigenvalue weighted by Gasteiger charge is 2.30. The van der Waals surface area contributed by atoms with Gasteiger partial charge >= 0.3 is 5.97 Å². The quantitative estimate of drug-likeness (QED) is 0.787. The van der Waals surface area contributed by atoms with Gasteiger partial charge in [-0.1, -0.05) is 6.92 Å². The summed E-state index contributed by atoms with van der Waals surface area (Å²) in [7, 11) is 1.38. The van der Waals surface area contributed by atoms with Gasteiger partial charge in [0, 0.05) is 13.1 Å². The molecule has 114 valence electrons. The first-order chi connectivity index (χ1) is 10.1. The number of aromatic nitrogens is 2. The standard InChI is InChI=1S/C15H21N3O3/c1-4-13-12(8-10(2)16-17-13)14(19)18-7-5-6-11(9-18)15(20)21-3/h8,11H,4-7,9H2,1-3H3/t11-/m0/s1. The van der Waals surface area contributed by atoms with E-state index < -0.39 is 0 Å². The number of piperidine rings is 1. The Morgan fingerprint density at radius 2 is 2.19 bits per heavy atom. The van der Waals surface area contributed by atoms with E-state index in [4.69, 9.17) is 4.74 Å². The number of nitrogens with zero attached hydrogens (tertiary/aromatic N) is 3. The number of ether oxygens (including phenoxy) is 1. The molecule has 1 aromatic rings. The van der Waals surface area contributed by atoms with Gasteiger partial charge in [-0.3, -0.25) is 9.59 Å². The largest absolute Gasteiger partial charge is 0.469 e. The number of methoxy groups -OCH3 is 1. The van der Waals surface area contributed by atoms with Crippen LogP contribution in [0.3, 0.4) is 0 Å². The van der Waals surface area contributed by atoms with Crippen molar-refractivity contribution in [1.29, 1.82) is 0 Å². The smallest absolute Gasteiger partial charge is 0.310 e. The molecule has 0 aromatic carbocycles. The second-order valence-corrected chi connectivity index (χ2v) is 5.31. The van der Waals surface area contributed by atoms with E-state index in [-0.39, 0.29) is 17.8 Å². The first kappa shape index (κ1) is 15.4. The highest BCUT2D eigenvalue weighted by atomic mass is 16.5. The van der Waals surface area contributed by atoms with Crippen molar-refractivity contribution in [3.8, 4) is 0 Å². The summed E-state index contributed by atoms with van der Waals surface area (Å²) in [6.07, 6.45) is 2.23. The average Bonchev–Trinajstić information content (AvgIpc) is 2.53. The third-order valence-electron chi connectivity index (χ3n) is 3.80. The maximum absolute atomic E-state index is 12.7. The summed E-state index contributed by atoms with van der Waals surface area (Å²) in [5.74, 6) is -0.542. The van der Waals surface area contributed by atoms with Crippen LogP contribution < -0.4 is 0 Å². The van der Waals surface area contributed by atoms with Gasteiger partial charge in [-0.2, -0.15) is 10.2 Å². The molecule has 2 rings (SSSR count). The molecule has 1 fully saturated rings. The molecule has 1 atom stereocenters. The van der Waals surface area contributed by atoms with E-state index in [1.807, 2.05) is 13.8 Å². The molecule has 1 aromatic heterocycles. The Morgan fingerprint density at radius 3 is 2.86 bits per heavy atom. The molecular weight excluding hydrogens is 270 g/mol. The molecule has 0 radical (unpaired) electrons. The second kappa shape index (κ2) is 6.65. The molecule has 0 aliphatic carbocycles. The van der Waals surface area contributed by atoms with Crippen molar-refractivity contribution in [3.05, 3.63) is 23.0 Å². The van der Waals surface area contributed by atoms with Gasteiger partial charge < -0.3 is 9.64 Å². The van der Waals surface area contributed by atoms with Crippen LogP contribution in [0.1, 0.15) is 41.5 Å². The van der Waals surface area contributed by atoms with E-state index in [1.54, 1.807) is 11.0 Å². The van der Waals surface area contributed by atoms with Crippen LogP contribution in [0.5, 0.6) is 0 Å². The molecule has 1 saturated heterocycles. The molecule has 1 aliphatic rings. The number of rotatable bonds is 3. The molecule has 0 unspecified atom stereocenters. The highest BCUT2D eigenvalue weighted by Crippen LogP contribution is 2.20. The van der Waals surface area contributed by atoms with Crippen LogP contribution in [0.4, 0.5) is 0 Å². The van der Waals surface area contributed by atoms with Crippen molar-refractivity contribution < 1.29 is 14.3 Å². The van der Waals surface area contributed by atoms with Gasteiger partial charge in [-0.05, 0) is 32.3 Å². The number of carbonyl (C=O) groups excluding carboxylic acids is 2. The van der Waals surface area contributed by atoms with Crippen molar-refractivity contribution in [1.82, 2.24) is 15.1 Å². The van der Waals surface area contributed by atoms with Crippen LogP contribution in [0.25, 0.3) is 0 Å². The van der Waals surface area contributed by atoms with E-state index in [1.165, 1.54) is 7.11 Å². The molecule has 0 saturated carbocycles. The maximum atomic E-state index is 12.7. The summed E-state index contributed by atoms with van der Waals surface area (Å²) < 4.78 is 4.79. The first-order valence-corrected chi connectivity index (χ1v) is 7.27. The lowest BCUT2D eigenvalue weighted by Crippen LogP contribution is -2.43. The molecule has 2 heterocycles. The average molecular weight is 291 g/mol. The summed E-state index contributed by atoms with van der Waals surface area (Å²) in [5, 5.41) is 8.09. The van der Waals surface area contributed by atoms with Crippen molar-refractivity contribution in [2.24, 2.45) is 5.92 Å². The maximum Gasteiger partial charge on any atom is 0.310 e. The van der Waals surface area contributed by atoms with Crippen molar-refractivity contribution >= 4 is 11.9 Å². The van der Waals surface area contributed by atoms with Crippen molar-refractivity contribution in [2.45, 2.75) is 33.1 Å². The zero-order valence-corrected chi connectivity index (χ0v) is 12.8. The fourth-order valence-electron chi connectivity index (χ4n) is 2.65. The minimum atomic E-state index is -0.243. The molecule has 6 nitrogen and oxygen atoms in total. The molecule has 0 spiro atoms. The second-order valence-electron chi connectivity index (χ2n) is 5.31. The molecule has 1 aliphatic heterocycles. The van der Waals surface area contributed by atoms with Gasteiger partial charge in [0.2, 0.25) is 0 Å². The topological polar surface area (TPSA) is 72.4 Å².